The summed E-state index contributed by atoms with van der Waals surface area (Å²) in [6.45, 7) is 0. The van der Waals surface area contributed by atoms with Gasteiger partial charge in [-0.1, -0.05) is 29.1 Å². The highest BCUT2D eigenvalue weighted by atomic mass is 32.2. The zero-order valence-electron chi connectivity index (χ0n) is 12.4. The Morgan fingerprint density at radius 2 is 1.79 bits per heavy atom. The third-order valence-electron chi connectivity index (χ3n) is 3.06. The van der Waals surface area contributed by atoms with Crippen molar-refractivity contribution in [3.8, 4) is 17.1 Å². The van der Waals surface area contributed by atoms with Crippen LogP contribution in [-0.2, 0) is 6.18 Å². The molecule has 24 heavy (non-hydrogen) atoms. The molecule has 0 saturated heterocycles. The number of ether oxygens (including phenoxy) is 1. The second-order valence-corrected chi connectivity index (χ2v) is 5.87. The van der Waals surface area contributed by atoms with E-state index in [0.29, 0.717) is 5.56 Å². The summed E-state index contributed by atoms with van der Waals surface area (Å²) >= 11 is 1.46. The quantitative estimate of drug-likeness (QED) is 0.667. The minimum Gasteiger partial charge on any atom is -0.497 e. The van der Waals surface area contributed by atoms with Crippen molar-refractivity contribution in [3.63, 3.8) is 0 Å². The van der Waals surface area contributed by atoms with Crippen LogP contribution < -0.4 is 4.74 Å². The Morgan fingerprint density at radius 1 is 1.04 bits per heavy atom. The zero-order valence-corrected chi connectivity index (χ0v) is 13.2. The molecule has 0 aliphatic carbocycles. The van der Waals surface area contributed by atoms with E-state index in [1.807, 2.05) is 30.3 Å². The van der Waals surface area contributed by atoms with Gasteiger partial charge in [0.05, 0.1) is 7.11 Å². The van der Waals surface area contributed by atoms with Gasteiger partial charge < -0.3 is 9.26 Å². The molecule has 0 radical (unpaired) electrons. The average Bonchev–Trinajstić information content (AvgIpc) is 3.06. The van der Waals surface area contributed by atoms with Gasteiger partial charge in [0, 0.05) is 15.4 Å². The molecule has 1 aromatic heterocycles. The first kappa shape index (κ1) is 16.4. The lowest BCUT2D eigenvalue weighted by Gasteiger charge is -2.04. The number of benzene rings is 2. The number of hydrogen-bond acceptors (Lipinski definition) is 5. The molecule has 0 saturated carbocycles. The van der Waals surface area contributed by atoms with Gasteiger partial charge in [-0.25, -0.2) is 0 Å². The van der Waals surface area contributed by atoms with Crippen molar-refractivity contribution in [3.05, 3.63) is 54.4 Å². The lowest BCUT2D eigenvalue weighted by Crippen LogP contribution is -2.04. The molecule has 0 fully saturated rings. The van der Waals surface area contributed by atoms with Gasteiger partial charge in [-0.05, 0) is 36.4 Å². The SMILES string of the molecule is COc1ccc(Sc2cccc(-c3noc(C(F)(F)F)n3)c2)cc1. The Hall–Kier alpha value is -2.48. The molecular formula is C16H11F3N2O2S. The first-order chi connectivity index (χ1) is 11.5. The fraction of sp³-hybridized carbons (Fsp3) is 0.125. The van der Waals surface area contributed by atoms with Gasteiger partial charge in [-0.15, -0.1) is 0 Å². The standard InChI is InChI=1S/C16H11F3N2O2S/c1-22-11-5-7-12(8-6-11)24-13-4-2-3-10(9-13)14-20-15(23-21-14)16(17,18)19/h2-9H,1H3. The number of methoxy groups -OCH3 is 1. The predicted octanol–water partition coefficient (Wildman–Crippen LogP) is 4.92. The molecule has 0 spiro atoms. The normalized spacial score (nSPS) is 11.5. The van der Waals surface area contributed by atoms with Crippen LogP contribution in [0.5, 0.6) is 5.75 Å². The summed E-state index contributed by atoms with van der Waals surface area (Å²) in [6.07, 6.45) is -4.65. The molecule has 2 aromatic carbocycles. The lowest BCUT2D eigenvalue weighted by molar-refractivity contribution is -0.159. The number of hydrogen-bond donors (Lipinski definition) is 0. The number of rotatable bonds is 4. The fourth-order valence-electron chi connectivity index (χ4n) is 1.93. The smallest absolute Gasteiger partial charge is 0.471 e. The molecule has 0 atom stereocenters. The molecule has 0 bridgehead atoms. The highest BCUT2D eigenvalue weighted by molar-refractivity contribution is 7.99. The van der Waals surface area contributed by atoms with Gasteiger partial charge in [0.15, 0.2) is 0 Å². The van der Waals surface area contributed by atoms with Gasteiger partial charge in [-0.2, -0.15) is 18.2 Å². The van der Waals surface area contributed by atoms with Crippen molar-refractivity contribution in [1.82, 2.24) is 10.1 Å². The fourth-order valence-corrected chi connectivity index (χ4v) is 2.81. The molecule has 0 aliphatic rings. The molecule has 0 aliphatic heterocycles. The van der Waals surface area contributed by atoms with E-state index >= 15 is 0 Å². The minimum absolute atomic E-state index is 0.0977. The van der Waals surface area contributed by atoms with Crippen molar-refractivity contribution in [1.29, 1.82) is 0 Å². The molecule has 1 heterocycles. The summed E-state index contributed by atoms with van der Waals surface area (Å²) < 4.78 is 47.0. The summed E-state index contributed by atoms with van der Waals surface area (Å²) in [5.74, 6) is -0.704. The topological polar surface area (TPSA) is 48.2 Å². The summed E-state index contributed by atoms with van der Waals surface area (Å²) in [7, 11) is 1.59. The first-order valence-corrected chi connectivity index (χ1v) is 7.60. The van der Waals surface area contributed by atoms with Gasteiger partial charge in [0.2, 0.25) is 5.82 Å². The van der Waals surface area contributed by atoms with Crippen LogP contribution in [0.25, 0.3) is 11.4 Å². The van der Waals surface area contributed by atoms with E-state index in [1.165, 1.54) is 11.8 Å². The van der Waals surface area contributed by atoms with Crippen molar-refractivity contribution < 1.29 is 22.4 Å². The van der Waals surface area contributed by atoms with Gasteiger partial charge in [-0.3, -0.25) is 0 Å². The summed E-state index contributed by atoms with van der Waals surface area (Å²) in [5, 5.41) is 3.39. The molecule has 8 heteroatoms. The molecule has 0 unspecified atom stereocenters. The minimum atomic E-state index is -4.65. The van der Waals surface area contributed by atoms with Crippen molar-refractivity contribution in [2.24, 2.45) is 0 Å². The highest BCUT2D eigenvalue weighted by Crippen LogP contribution is 2.33. The maximum atomic E-state index is 12.5. The van der Waals surface area contributed by atoms with Crippen molar-refractivity contribution >= 4 is 11.8 Å². The van der Waals surface area contributed by atoms with E-state index in [4.69, 9.17) is 4.74 Å². The Bertz CT molecular complexity index is 832. The Morgan fingerprint density at radius 3 is 2.42 bits per heavy atom. The maximum absolute atomic E-state index is 12.5. The predicted molar refractivity (Wildman–Crippen MR) is 81.9 cm³/mol. The molecule has 3 rings (SSSR count). The third kappa shape index (κ3) is 3.70. The Kier molecular flexibility index (Phi) is 4.48. The Balaban J connectivity index is 1.82. The van der Waals surface area contributed by atoms with Crippen LogP contribution in [0.3, 0.4) is 0 Å². The molecule has 0 N–H and O–H groups in total. The van der Waals surface area contributed by atoms with E-state index in [9.17, 15) is 13.2 Å². The van der Waals surface area contributed by atoms with Crippen molar-refractivity contribution in [2.45, 2.75) is 16.0 Å². The molecule has 4 nitrogen and oxygen atoms in total. The first-order valence-electron chi connectivity index (χ1n) is 6.79. The maximum Gasteiger partial charge on any atom is 0.471 e. The number of nitrogens with zero attached hydrogens (tertiary/aromatic N) is 2. The monoisotopic (exact) mass is 352 g/mol. The second kappa shape index (κ2) is 6.56. The van der Waals surface area contributed by atoms with Crippen LogP contribution in [0.15, 0.2) is 62.8 Å². The number of halogens is 3. The summed E-state index contributed by atoms with van der Waals surface area (Å²) in [6, 6.07) is 14.4. The highest BCUT2D eigenvalue weighted by Gasteiger charge is 2.38. The zero-order chi connectivity index (χ0) is 17.2. The van der Waals surface area contributed by atoms with Gasteiger partial charge in [0.1, 0.15) is 5.75 Å². The van der Waals surface area contributed by atoms with E-state index < -0.39 is 12.1 Å². The lowest BCUT2D eigenvalue weighted by atomic mass is 10.2. The molecule has 3 aromatic rings. The average molecular weight is 352 g/mol. The largest absolute Gasteiger partial charge is 0.497 e. The molecular weight excluding hydrogens is 341 g/mol. The van der Waals surface area contributed by atoms with Crippen LogP contribution >= 0.6 is 11.8 Å². The van der Waals surface area contributed by atoms with Crippen LogP contribution in [0, 0.1) is 0 Å². The van der Waals surface area contributed by atoms with E-state index in [0.717, 1.165) is 15.5 Å². The van der Waals surface area contributed by atoms with Gasteiger partial charge in [0.25, 0.3) is 0 Å². The van der Waals surface area contributed by atoms with Crippen LogP contribution in [0.4, 0.5) is 13.2 Å². The second-order valence-electron chi connectivity index (χ2n) is 4.73. The van der Waals surface area contributed by atoms with E-state index in [1.54, 1.807) is 25.3 Å². The van der Waals surface area contributed by atoms with Crippen LogP contribution in [0.1, 0.15) is 5.89 Å². The van der Waals surface area contributed by atoms with Crippen molar-refractivity contribution in [2.75, 3.05) is 7.11 Å². The molecule has 0 amide bonds. The Labute approximate surface area is 139 Å². The number of alkyl halides is 3. The molecule has 124 valence electrons. The van der Waals surface area contributed by atoms with Crippen LogP contribution in [-0.4, -0.2) is 17.3 Å². The summed E-state index contributed by atoms with van der Waals surface area (Å²) in [5.41, 5.74) is 0.452. The van der Waals surface area contributed by atoms with E-state index in [2.05, 4.69) is 14.7 Å². The van der Waals surface area contributed by atoms with Gasteiger partial charge >= 0.3 is 12.1 Å². The third-order valence-corrected chi connectivity index (χ3v) is 4.05. The van der Waals surface area contributed by atoms with Crippen LogP contribution in [0.2, 0.25) is 0 Å². The van der Waals surface area contributed by atoms with E-state index in [-0.39, 0.29) is 5.82 Å². The summed E-state index contributed by atoms with van der Waals surface area (Å²) in [4.78, 5) is 5.21. The number of aromatic nitrogens is 2.